The highest BCUT2D eigenvalue weighted by Crippen LogP contribution is 2.18. The van der Waals surface area contributed by atoms with Gasteiger partial charge in [-0.3, -0.25) is 9.78 Å². The average molecular weight is 213 g/mol. The van der Waals surface area contributed by atoms with Crippen LogP contribution >= 0.6 is 0 Å². The molecule has 2 nitrogen and oxygen atoms in total. The van der Waals surface area contributed by atoms with Crippen LogP contribution in [0.15, 0.2) is 48.8 Å². The first-order valence-corrected chi connectivity index (χ1v) is 4.79. The van der Waals surface area contributed by atoms with Crippen LogP contribution in [0.3, 0.4) is 0 Å². The third-order valence-electron chi connectivity index (χ3n) is 2.29. The van der Waals surface area contributed by atoms with Crippen LogP contribution in [0.25, 0.3) is 11.1 Å². The predicted octanol–water partition coefficient (Wildman–Crippen LogP) is 3.59. The molecule has 1 aromatic carbocycles. The number of rotatable bonds is 2. The SMILES string of the molecule is C.CC(=O)c1ccc(-c2cccnc2)cc1. The standard InChI is InChI=1S/C13H11NO.CH4/c1-10(15)11-4-6-12(7-5-11)13-3-2-8-14-9-13;/h2-9H,1H3;1H4. The summed E-state index contributed by atoms with van der Waals surface area (Å²) in [5, 5.41) is 0. The van der Waals surface area contributed by atoms with Gasteiger partial charge in [0.2, 0.25) is 0 Å². The molecule has 0 amide bonds. The molecule has 2 aromatic rings. The first kappa shape index (κ1) is 12.1. The van der Waals surface area contributed by atoms with Crippen molar-refractivity contribution in [3.8, 4) is 11.1 Å². The van der Waals surface area contributed by atoms with E-state index in [1.54, 1.807) is 13.1 Å². The van der Waals surface area contributed by atoms with Crippen molar-refractivity contribution in [1.29, 1.82) is 0 Å². The zero-order chi connectivity index (χ0) is 10.7. The summed E-state index contributed by atoms with van der Waals surface area (Å²) in [7, 11) is 0. The predicted molar refractivity (Wildman–Crippen MR) is 66.4 cm³/mol. The fraction of sp³-hybridized carbons (Fsp3) is 0.143. The smallest absolute Gasteiger partial charge is 0.159 e. The van der Waals surface area contributed by atoms with Crippen molar-refractivity contribution < 1.29 is 4.79 Å². The molecular weight excluding hydrogens is 198 g/mol. The van der Waals surface area contributed by atoms with E-state index in [1.807, 2.05) is 42.6 Å². The molecule has 0 fully saturated rings. The number of carbonyl (C=O) groups is 1. The Hall–Kier alpha value is -1.96. The van der Waals surface area contributed by atoms with Gasteiger partial charge < -0.3 is 0 Å². The molecular formula is C14H15NO. The van der Waals surface area contributed by atoms with Gasteiger partial charge in [-0.15, -0.1) is 0 Å². The first-order valence-electron chi connectivity index (χ1n) is 4.79. The normalized spacial score (nSPS) is 9.31. The molecule has 1 aromatic heterocycles. The molecule has 0 radical (unpaired) electrons. The second kappa shape index (κ2) is 5.21. The molecule has 0 atom stereocenters. The molecule has 0 saturated heterocycles. The van der Waals surface area contributed by atoms with Gasteiger partial charge in [-0.25, -0.2) is 0 Å². The maximum absolute atomic E-state index is 11.1. The lowest BCUT2D eigenvalue weighted by atomic mass is 10.0. The van der Waals surface area contributed by atoms with Crippen molar-refractivity contribution in [1.82, 2.24) is 4.98 Å². The summed E-state index contributed by atoms with van der Waals surface area (Å²) in [6.07, 6.45) is 3.55. The Balaban J connectivity index is 0.00000128. The maximum Gasteiger partial charge on any atom is 0.159 e. The number of pyridine rings is 1. The van der Waals surface area contributed by atoms with Crippen molar-refractivity contribution >= 4 is 5.78 Å². The summed E-state index contributed by atoms with van der Waals surface area (Å²) >= 11 is 0. The van der Waals surface area contributed by atoms with E-state index in [-0.39, 0.29) is 13.2 Å². The van der Waals surface area contributed by atoms with Crippen LogP contribution in [0, 0.1) is 0 Å². The Morgan fingerprint density at radius 3 is 2.25 bits per heavy atom. The zero-order valence-corrected chi connectivity index (χ0v) is 8.47. The van der Waals surface area contributed by atoms with Gasteiger partial charge >= 0.3 is 0 Å². The molecule has 2 rings (SSSR count). The number of hydrogen-bond donors (Lipinski definition) is 0. The topological polar surface area (TPSA) is 30.0 Å². The lowest BCUT2D eigenvalue weighted by Crippen LogP contribution is -1.90. The minimum atomic E-state index is 0. The van der Waals surface area contributed by atoms with E-state index in [0.717, 1.165) is 16.7 Å². The van der Waals surface area contributed by atoms with Gasteiger partial charge in [-0.2, -0.15) is 0 Å². The third-order valence-corrected chi connectivity index (χ3v) is 2.29. The van der Waals surface area contributed by atoms with E-state index < -0.39 is 0 Å². The Kier molecular flexibility index (Phi) is 3.95. The third kappa shape index (κ3) is 2.54. The molecule has 16 heavy (non-hydrogen) atoms. The molecule has 0 spiro atoms. The summed E-state index contributed by atoms with van der Waals surface area (Å²) in [6.45, 7) is 1.57. The molecule has 2 heteroatoms. The van der Waals surface area contributed by atoms with Crippen molar-refractivity contribution in [2.45, 2.75) is 14.4 Å². The van der Waals surface area contributed by atoms with E-state index in [9.17, 15) is 4.79 Å². The Labute approximate surface area is 96.0 Å². The summed E-state index contributed by atoms with van der Waals surface area (Å²) in [4.78, 5) is 15.1. The first-order chi connectivity index (χ1) is 7.27. The molecule has 0 unspecified atom stereocenters. The van der Waals surface area contributed by atoms with Gasteiger partial charge in [0.1, 0.15) is 0 Å². The number of aromatic nitrogens is 1. The average Bonchev–Trinajstić information content (AvgIpc) is 2.30. The van der Waals surface area contributed by atoms with Crippen molar-refractivity contribution in [2.75, 3.05) is 0 Å². The van der Waals surface area contributed by atoms with E-state index in [1.165, 1.54) is 0 Å². The number of Topliss-reactive ketones (excluding diaryl/α,β-unsaturated/α-hetero) is 1. The van der Waals surface area contributed by atoms with E-state index in [2.05, 4.69) is 4.98 Å². The summed E-state index contributed by atoms with van der Waals surface area (Å²) in [5.41, 5.74) is 2.88. The number of nitrogens with zero attached hydrogens (tertiary/aromatic N) is 1. The van der Waals surface area contributed by atoms with Gasteiger partial charge in [0.05, 0.1) is 0 Å². The number of carbonyl (C=O) groups excluding carboxylic acids is 1. The van der Waals surface area contributed by atoms with Crippen LogP contribution in [0.5, 0.6) is 0 Å². The second-order valence-electron chi connectivity index (χ2n) is 3.38. The van der Waals surface area contributed by atoms with Crippen LogP contribution in [0.4, 0.5) is 0 Å². The number of hydrogen-bond acceptors (Lipinski definition) is 2. The van der Waals surface area contributed by atoms with Crippen LogP contribution in [0.1, 0.15) is 24.7 Å². The largest absolute Gasteiger partial charge is 0.295 e. The molecule has 0 aliphatic rings. The van der Waals surface area contributed by atoms with Gasteiger partial charge in [0.25, 0.3) is 0 Å². The highest BCUT2D eigenvalue weighted by Gasteiger charge is 2.00. The van der Waals surface area contributed by atoms with Gasteiger partial charge in [0, 0.05) is 18.0 Å². The molecule has 0 N–H and O–H groups in total. The molecule has 1 heterocycles. The van der Waals surface area contributed by atoms with Gasteiger partial charge in [-0.05, 0) is 24.1 Å². The van der Waals surface area contributed by atoms with E-state index in [0.29, 0.717) is 0 Å². The van der Waals surface area contributed by atoms with Crippen molar-refractivity contribution in [2.24, 2.45) is 0 Å². The van der Waals surface area contributed by atoms with Crippen molar-refractivity contribution in [3.05, 3.63) is 54.4 Å². The summed E-state index contributed by atoms with van der Waals surface area (Å²) < 4.78 is 0. The van der Waals surface area contributed by atoms with Crippen LogP contribution < -0.4 is 0 Å². The van der Waals surface area contributed by atoms with Crippen molar-refractivity contribution in [3.63, 3.8) is 0 Å². The van der Waals surface area contributed by atoms with Crippen LogP contribution in [-0.2, 0) is 0 Å². The van der Waals surface area contributed by atoms with Gasteiger partial charge in [-0.1, -0.05) is 37.8 Å². The Morgan fingerprint density at radius 1 is 1.06 bits per heavy atom. The minimum Gasteiger partial charge on any atom is -0.295 e. The minimum absolute atomic E-state index is 0. The van der Waals surface area contributed by atoms with E-state index in [4.69, 9.17) is 0 Å². The zero-order valence-electron chi connectivity index (χ0n) is 8.47. The lowest BCUT2D eigenvalue weighted by Gasteiger charge is -2.01. The molecule has 0 aliphatic carbocycles. The molecule has 0 aliphatic heterocycles. The highest BCUT2D eigenvalue weighted by atomic mass is 16.1. The maximum atomic E-state index is 11.1. The van der Waals surface area contributed by atoms with Crippen LogP contribution in [0.2, 0.25) is 0 Å². The summed E-state index contributed by atoms with van der Waals surface area (Å²) in [6, 6.07) is 11.4. The number of ketones is 1. The fourth-order valence-corrected chi connectivity index (χ4v) is 1.43. The Morgan fingerprint density at radius 2 is 1.75 bits per heavy atom. The lowest BCUT2D eigenvalue weighted by molar-refractivity contribution is 0.101. The quantitative estimate of drug-likeness (QED) is 0.713. The monoisotopic (exact) mass is 213 g/mol. The van der Waals surface area contributed by atoms with Crippen LogP contribution in [-0.4, -0.2) is 10.8 Å². The fourth-order valence-electron chi connectivity index (χ4n) is 1.43. The molecule has 0 saturated carbocycles. The van der Waals surface area contributed by atoms with Gasteiger partial charge in [0.15, 0.2) is 5.78 Å². The Bertz CT molecular complexity index is 460. The van der Waals surface area contributed by atoms with E-state index >= 15 is 0 Å². The second-order valence-corrected chi connectivity index (χ2v) is 3.38. The summed E-state index contributed by atoms with van der Waals surface area (Å²) in [5.74, 6) is 0.0905. The molecule has 0 bridgehead atoms. The molecule has 82 valence electrons. The highest BCUT2D eigenvalue weighted by molar-refractivity contribution is 5.94. The number of benzene rings is 1.